The molecule has 1 saturated carbocycles. The summed E-state index contributed by atoms with van der Waals surface area (Å²) in [6.45, 7) is 4.78. The Balaban J connectivity index is 0.000000184. The summed E-state index contributed by atoms with van der Waals surface area (Å²) < 4.78 is 0. The Kier molecular flexibility index (Phi) is 7.45. The van der Waals surface area contributed by atoms with Gasteiger partial charge in [-0.15, -0.1) is 12.6 Å². The third-order valence-electron chi connectivity index (χ3n) is 3.71. The lowest BCUT2D eigenvalue weighted by Gasteiger charge is -2.25. The zero-order valence-electron chi connectivity index (χ0n) is 11.6. The number of benzene rings is 1. The number of rotatable bonds is 2. The minimum atomic E-state index is 0.388. The van der Waals surface area contributed by atoms with Crippen molar-refractivity contribution < 1.29 is 5.11 Å². The molecule has 1 aliphatic rings. The summed E-state index contributed by atoms with van der Waals surface area (Å²) in [5.41, 5.74) is 1.28. The van der Waals surface area contributed by atoms with Crippen molar-refractivity contribution in [2.75, 3.05) is 6.61 Å². The molecule has 0 unspecified atom stereocenters. The second kappa shape index (κ2) is 8.60. The molecule has 0 heterocycles. The van der Waals surface area contributed by atoms with Gasteiger partial charge in [0.15, 0.2) is 0 Å². The highest BCUT2D eigenvalue weighted by atomic mass is 32.1. The van der Waals surface area contributed by atoms with Crippen LogP contribution >= 0.6 is 12.6 Å². The fraction of sp³-hybridized carbons (Fsp3) is 0.625. The van der Waals surface area contributed by atoms with Gasteiger partial charge >= 0.3 is 0 Å². The van der Waals surface area contributed by atoms with Crippen LogP contribution in [0.1, 0.15) is 44.6 Å². The Bertz CT molecular complexity index is 291. The first-order valence-corrected chi connectivity index (χ1v) is 7.43. The molecule has 1 N–H and O–H groups in total. The molecule has 0 atom stereocenters. The Labute approximate surface area is 117 Å². The highest BCUT2D eigenvalue weighted by molar-refractivity contribution is 7.80. The maximum absolute atomic E-state index is 8.68. The normalized spacial score (nSPS) is 23.1. The van der Waals surface area contributed by atoms with E-state index in [0.29, 0.717) is 6.61 Å². The van der Waals surface area contributed by atoms with E-state index in [-0.39, 0.29) is 0 Å². The molecule has 0 saturated heterocycles. The molecule has 18 heavy (non-hydrogen) atoms. The molecule has 0 aromatic heterocycles. The maximum atomic E-state index is 8.68. The number of aliphatic hydroxyl groups excluding tert-OH is 1. The average Bonchev–Trinajstić information content (AvgIpc) is 2.37. The Hall–Kier alpha value is -0.470. The summed E-state index contributed by atoms with van der Waals surface area (Å²) in [4.78, 5) is 1.02. The third kappa shape index (κ3) is 6.46. The second-order valence-electron chi connectivity index (χ2n) is 5.47. The van der Waals surface area contributed by atoms with Crippen molar-refractivity contribution in [3.05, 3.63) is 29.8 Å². The minimum absolute atomic E-state index is 0.388. The summed E-state index contributed by atoms with van der Waals surface area (Å²) in [5.74, 6) is 1.77. The molecule has 1 aromatic rings. The lowest BCUT2D eigenvalue weighted by molar-refractivity contribution is 0.211. The predicted octanol–water partition coefficient (Wildman–Crippen LogP) is 4.48. The largest absolute Gasteiger partial charge is 0.396 e. The SMILES string of the molecule is CC1CCC(CCO)CC1.Cc1ccc(S)cc1. The fourth-order valence-corrected chi connectivity index (χ4v) is 2.49. The van der Waals surface area contributed by atoms with Gasteiger partial charge in [-0.05, 0) is 37.3 Å². The van der Waals surface area contributed by atoms with Crippen LogP contribution in [-0.2, 0) is 0 Å². The van der Waals surface area contributed by atoms with Gasteiger partial charge in [-0.1, -0.05) is 50.3 Å². The number of thiol groups is 1. The molecule has 0 aliphatic heterocycles. The first kappa shape index (κ1) is 15.6. The highest BCUT2D eigenvalue weighted by Gasteiger charge is 2.16. The van der Waals surface area contributed by atoms with E-state index in [0.717, 1.165) is 23.2 Å². The van der Waals surface area contributed by atoms with E-state index in [2.05, 4.69) is 26.5 Å². The van der Waals surface area contributed by atoms with E-state index in [1.807, 2.05) is 24.3 Å². The molecule has 0 amide bonds. The van der Waals surface area contributed by atoms with Crippen molar-refractivity contribution in [1.29, 1.82) is 0 Å². The van der Waals surface area contributed by atoms with E-state index in [4.69, 9.17) is 5.11 Å². The first-order valence-electron chi connectivity index (χ1n) is 6.98. The zero-order chi connectivity index (χ0) is 13.4. The lowest BCUT2D eigenvalue weighted by Crippen LogP contribution is -2.13. The van der Waals surface area contributed by atoms with Crippen molar-refractivity contribution in [2.24, 2.45) is 11.8 Å². The van der Waals surface area contributed by atoms with Gasteiger partial charge in [0, 0.05) is 11.5 Å². The third-order valence-corrected chi connectivity index (χ3v) is 4.00. The summed E-state index contributed by atoms with van der Waals surface area (Å²) in [6.07, 6.45) is 6.49. The molecule has 0 spiro atoms. The quantitative estimate of drug-likeness (QED) is 0.756. The van der Waals surface area contributed by atoms with Crippen molar-refractivity contribution in [1.82, 2.24) is 0 Å². The predicted molar refractivity (Wildman–Crippen MR) is 81.3 cm³/mol. The van der Waals surface area contributed by atoms with Crippen LogP contribution in [0.4, 0.5) is 0 Å². The van der Waals surface area contributed by atoms with Crippen LogP contribution in [0.3, 0.4) is 0 Å². The summed E-state index contributed by atoms with van der Waals surface area (Å²) in [7, 11) is 0. The number of aryl methyl sites for hydroxylation is 1. The highest BCUT2D eigenvalue weighted by Crippen LogP contribution is 2.29. The van der Waals surface area contributed by atoms with E-state index < -0.39 is 0 Å². The van der Waals surface area contributed by atoms with Crippen LogP contribution in [0.2, 0.25) is 0 Å². The molecule has 1 fully saturated rings. The molecule has 2 heteroatoms. The molecule has 0 radical (unpaired) electrons. The monoisotopic (exact) mass is 266 g/mol. The van der Waals surface area contributed by atoms with Gasteiger partial charge in [-0.2, -0.15) is 0 Å². The van der Waals surface area contributed by atoms with Gasteiger partial charge in [0.1, 0.15) is 0 Å². The van der Waals surface area contributed by atoms with Crippen molar-refractivity contribution in [3.8, 4) is 0 Å². The van der Waals surface area contributed by atoms with Crippen LogP contribution in [0.15, 0.2) is 29.2 Å². The van der Waals surface area contributed by atoms with Gasteiger partial charge in [0.05, 0.1) is 0 Å². The molecular weight excluding hydrogens is 240 g/mol. The zero-order valence-corrected chi connectivity index (χ0v) is 12.5. The Morgan fingerprint density at radius 2 is 1.67 bits per heavy atom. The van der Waals surface area contributed by atoms with Crippen molar-refractivity contribution in [2.45, 2.75) is 50.8 Å². The van der Waals surface area contributed by atoms with E-state index in [1.165, 1.54) is 31.2 Å². The van der Waals surface area contributed by atoms with Crippen molar-refractivity contribution >= 4 is 12.6 Å². The lowest BCUT2D eigenvalue weighted by atomic mass is 9.82. The van der Waals surface area contributed by atoms with E-state index >= 15 is 0 Å². The van der Waals surface area contributed by atoms with Crippen LogP contribution in [0.25, 0.3) is 0 Å². The van der Waals surface area contributed by atoms with E-state index in [9.17, 15) is 0 Å². The average molecular weight is 266 g/mol. The Morgan fingerprint density at radius 3 is 2.11 bits per heavy atom. The molecule has 1 aromatic carbocycles. The van der Waals surface area contributed by atoms with Crippen molar-refractivity contribution in [3.63, 3.8) is 0 Å². The minimum Gasteiger partial charge on any atom is -0.396 e. The molecule has 102 valence electrons. The van der Waals surface area contributed by atoms with Crippen LogP contribution < -0.4 is 0 Å². The standard InChI is InChI=1S/C9H18O.C7H8S/c1-8-2-4-9(5-3-8)6-7-10;1-6-2-4-7(8)5-3-6/h8-10H,2-7H2,1H3;2-5,8H,1H3. The first-order chi connectivity index (χ1) is 8.61. The number of aliphatic hydroxyl groups is 1. The summed E-state index contributed by atoms with van der Waals surface area (Å²) >= 11 is 4.13. The topological polar surface area (TPSA) is 20.2 Å². The molecule has 1 aliphatic carbocycles. The number of hydrogen-bond acceptors (Lipinski definition) is 2. The molecule has 2 rings (SSSR count). The molecular formula is C16H26OS. The van der Waals surface area contributed by atoms with Crippen LogP contribution in [0.5, 0.6) is 0 Å². The van der Waals surface area contributed by atoms with Crippen LogP contribution in [0, 0.1) is 18.8 Å². The van der Waals surface area contributed by atoms with Gasteiger partial charge in [-0.25, -0.2) is 0 Å². The smallest absolute Gasteiger partial charge is 0.0433 e. The Morgan fingerprint density at radius 1 is 1.11 bits per heavy atom. The second-order valence-corrected chi connectivity index (χ2v) is 5.99. The number of hydrogen-bond donors (Lipinski definition) is 2. The fourth-order valence-electron chi connectivity index (χ4n) is 2.35. The maximum Gasteiger partial charge on any atom is 0.0433 e. The van der Waals surface area contributed by atoms with E-state index in [1.54, 1.807) is 0 Å². The van der Waals surface area contributed by atoms with Crippen LogP contribution in [-0.4, -0.2) is 11.7 Å². The van der Waals surface area contributed by atoms with Gasteiger partial charge < -0.3 is 5.11 Å². The van der Waals surface area contributed by atoms with Gasteiger partial charge in [0.2, 0.25) is 0 Å². The molecule has 1 nitrogen and oxygen atoms in total. The molecule has 0 bridgehead atoms. The summed E-state index contributed by atoms with van der Waals surface area (Å²) in [5, 5.41) is 8.68. The van der Waals surface area contributed by atoms with Gasteiger partial charge in [-0.3, -0.25) is 0 Å². The summed E-state index contributed by atoms with van der Waals surface area (Å²) in [6, 6.07) is 8.06. The van der Waals surface area contributed by atoms with Gasteiger partial charge in [0.25, 0.3) is 0 Å².